The monoisotopic (exact) mass is 310 g/mol. The molecule has 1 N–H and O–H groups in total. The van der Waals surface area contributed by atoms with E-state index < -0.39 is 0 Å². The highest BCUT2D eigenvalue weighted by atomic mass is 16.5. The van der Waals surface area contributed by atoms with Gasteiger partial charge in [-0.1, -0.05) is 6.42 Å². The summed E-state index contributed by atoms with van der Waals surface area (Å²) >= 11 is 0. The zero-order valence-corrected chi connectivity index (χ0v) is 13.8. The van der Waals surface area contributed by atoms with Crippen molar-refractivity contribution in [3.8, 4) is 0 Å². The van der Waals surface area contributed by atoms with Crippen molar-refractivity contribution in [1.29, 1.82) is 0 Å². The van der Waals surface area contributed by atoms with Crippen molar-refractivity contribution < 1.29 is 14.3 Å². The molecule has 5 heteroatoms. The number of nitrogens with one attached hydrogen (secondary N) is 1. The largest absolute Gasteiger partial charge is 0.381 e. The van der Waals surface area contributed by atoms with Gasteiger partial charge in [-0.2, -0.15) is 0 Å². The predicted octanol–water partition coefficient (Wildman–Crippen LogP) is 1.56. The molecule has 2 saturated heterocycles. The van der Waals surface area contributed by atoms with E-state index in [-0.39, 0.29) is 17.6 Å². The Morgan fingerprint density at radius 1 is 1.27 bits per heavy atom. The van der Waals surface area contributed by atoms with Crippen LogP contribution in [0.3, 0.4) is 0 Å². The zero-order valence-electron chi connectivity index (χ0n) is 13.8. The van der Waals surface area contributed by atoms with Crippen LogP contribution in [0, 0.1) is 5.92 Å². The summed E-state index contributed by atoms with van der Waals surface area (Å²) in [5.74, 6) is 0.513. The molecule has 22 heavy (non-hydrogen) atoms. The fourth-order valence-electron chi connectivity index (χ4n) is 3.99. The number of ether oxygens (including phenoxy) is 2. The molecule has 2 heterocycles. The molecule has 3 fully saturated rings. The van der Waals surface area contributed by atoms with Crippen LogP contribution in [0.25, 0.3) is 0 Å². The molecule has 0 bridgehead atoms. The van der Waals surface area contributed by atoms with E-state index in [9.17, 15) is 4.79 Å². The van der Waals surface area contributed by atoms with Gasteiger partial charge in [-0.05, 0) is 57.5 Å². The second kappa shape index (κ2) is 7.28. The summed E-state index contributed by atoms with van der Waals surface area (Å²) in [5.41, 5.74) is 0.0934. The predicted molar refractivity (Wildman–Crippen MR) is 84.7 cm³/mol. The molecule has 0 unspecified atom stereocenters. The smallest absolute Gasteiger partial charge is 0.249 e. The minimum atomic E-state index is -0.252. The number of likely N-dealkylation sites (tertiary alicyclic amines) is 1. The highest BCUT2D eigenvalue weighted by molar-refractivity contribution is 5.81. The number of nitrogens with zero attached hydrogens (tertiary/aromatic N) is 1. The number of hydrogen-bond donors (Lipinski definition) is 1. The molecule has 0 aromatic carbocycles. The van der Waals surface area contributed by atoms with Gasteiger partial charge in [0.15, 0.2) is 0 Å². The average molecular weight is 310 g/mol. The Kier molecular flexibility index (Phi) is 5.37. The van der Waals surface area contributed by atoms with Crippen molar-refractivity contribution in [3.63, 3.8) is 0 Å². The standard InChI is InChI=1S/C17H30N2O3/c1-21-15(14-5-6-14)16(20)18-13-17(7-11-22-12-8-17)19-9-3-2-4-10-19/h14-15H,2-13H2,1H3,(H,18,20)/t15-/m0/s1. The van der Waals surface area contributed by atoms with Crippen molar-refractivity contribution in [2.24, 2.45) is 5.92 Å². The van der Waals surface area contributed by atoms with Crippen molar-refractivity contribution >= 4 is 5.91 Å². The second-order valence-electron chi connectivity index (χ2n) is 7.10. The lowest BCUT2D eigenvalue weighted by atomic mass is 9.86. The van der Waals surface area contributed by atoms with Gasteiger partial charge in [-0.3, -0.25) is 9.69 Å². The van der Waals surface area contributed by atoms with Crippen molar-refractivity contribution in [2.45, 2.75) is 56.6 Å². The van der Waals surface area contributed by atoms with E-state index in [2.05, 4.69) is 10.2 Å². The zero-order chi connectivity index (χ0) is 15.4. The van der Waals surface area contributed by atoms with Crippen molar-refractivity contribution in [2.75, 3.05) is 40.0 Å². The van der Waals surface area contributed by atoms with Crippen LogP contribution in [-0.2, 0) is 14.3 Å². The lowest BCUT2D eigenvalue weighted by Gasteiger charge is -2.48. The third-order valence-electron chi connectivity index (χ3n) is 5.60. The normalized spacial score (nSPS) is 27.3. The fraction of sp³-hybridized carbons (Fsp3) is 0.941. The first-order valence-corrected chi connectivity index (χ1v) is 8.88. The van der Waals surface area contributed by atoms with E-state index in [1.165, 1.54) is 19.3 Å². The Bertz CT molecular complexity index is 372. The van der Waals surface area contributed by atoms with Crippen LogP contribution in [0.5, 0.6) is 0 Å². The molecule has 2 aliphatic heterocycles. The maximum atomic E-state index is 12.4. The first kappa shape index (κ1) is 16.2. The summed E-state index contributed by atoms with van der Waals surface area (Å²) in [6.45, 7) is 4.67. The van der Waals surface area contributed by atoms with Gasteiger partial charge in [-0.25, -0.2) is 0 Å². The first-order chi connectivity index (χ1) is 10.7. The molecular formula is C17H30N2O3. The van der Waals surface area contributed by atoms with Crippen molar-refractivity contribution in [3.05, 3.63) is 0 Å². The van der Waals surface area contributed by atoms with Gasteiger partial charge in [-0.15, -0.1) is 0 Å². The summed E-state index contributed by atoms with van der Waals surface area (Å²) in [7, 11) is 1.65. The van der Waals surface area contributed by atoms with Gasteiger partial charge in [0.2, 0.25) is 5.91 Å². The Hall–Kier alpha value is -0.650. The summed E-state index contributed by atoms with van der Waals surface area (Å²) in [5, 5.41) is 3.20. The molecule has 1 atom stereocenters. The Morgan fingerprint density at radius 3 is 2.55 bits per heavy atom. The number of carbonyl (C=O) groups is 1. The Labute approximate surface area is 133 Å². The summed E-state index contributed by atoms with van der Waals surface area (Å²) in [6, 6.07) is 0. The average Bonchev–Trinajstić information content (AvgIpc) is 3.40. The molecule has 0 spiro atoms. The highest BCUT2D eigenvalue weighted by Gasteiger charge is 2.41. The van der Waals surface area contributed by atoms with Gasteiger partial charge >= 0.3 is 0 Å². The number of carbonyl (C=O) groups excluding carboxylic acids is 1. The third-order valence-corrected chi connectivity index (χ3v) is 5.60. The second-order valence-corrected chi connectivity index (χ2v) is 7.10. The van der Waals surface area contributed by atoms with Gasteiger partial charge in [0.25, 0.3) is 0 Å². The molecule has 0 aromatic rings. The molecule has 5 nitrogen and oxygen atoms in total. The number of piperidine rings is 1. The Balaban J connectivity index is 1.60. The van der Waals surface area contributed by atoms with E-state index in [1.54, 1.807) is 7.11 Å². The van der Waals surface area contributed by atoms with Gasteiger partial charge < -0.3 is 14.8 Å². The molecule has 0 aromatic heterocycles. The highest BCUT2D eigenvalue weighted by Crippen LogP contribution is 2.34. The molecule has 3 rings (SSSR count). The topological polar surface area (TPSA) is 50.8 Å². The van der Waals surface area contributed by atoms with Crippen LogP contribution in [0.1, 0.15) is 44.9 Å². The van der Waals surface area contributed by atoms with E-state index in [0.29, 0.717) is 5.92 Å². The molecule has 1 amide bonds. The van der Waals surface area contributed by atoms with Crippen LogP contribution in [0.4, 0.5) is 0 Å². The molecular weight excluding hydrogens is 280 g/mol. The maximum Gasteiger partial charge on any atom is 0.249 e. The summed E-state index contributed by atoms with van der Waals surface area (Å²) in [6.07, 6.45) is 7.93. The lowest BCUT2D eigenvalue weighted by molar-refractivity contribution is -0.133. The number of hydrogen-bond acceptors (Lipinski definition) is 4. The van der Waals surface area contributed by atoms with Crippen LogP contribution in [-0.4, -0.2) is 62.4 Å². The summed E-state index contributed by atoms with van der Waals surface area (Å²) < 4.78 is 11.0. The SMILES string of the molecule is CO[C@H](C(=O)NCC1(N2CCCCC2)CCOCC1)C1CC1. The minimum Gasteiger partial charge on any atom is -0.381 e. The van der Waals surface area contributed by atoms with Gasteiger partial charge in [0.05, 0.1) is 0 Å². The first-order valence-electron chi connectivity index (χ1n) is 8.88. The van der Waals surface area contributed by atoms with E-state index in [1.807, 2.05) is 0 Å². The molecule has 1 saturated carbocycles. The van der Waals surface area contributed by atoms with E-state index >= 15 is 0 Å². The van der Waals surface area contributed by atoms with E-state index in [4.69, 9.17) is 9.47 Å². The quantitative estimate of drug-likeness (QED) is 0.809. The maximum absolute atomic E-state index is 12.4. The van der Waals surface area contributed by atoms with Crippen molar-refractivity contribution in [1.82, 2.24) is 10.2 Å². The summed E-state index contributed by atoms with van der Waals surface area (Å²) in [4.78, 5) is 15.0. The van der Waals surface area contributed by atoms with Crippen LogP contribution in [0.2, 0.25) is 0 Å². The fourth-order valence-corrected chi connectivity index (χ4v) is 3.99. The van der Waals surface area contributed by atoms with Gasteiger partial charge in [0, 0.05) is 32.4 Å². The third kappa shape index (κ3) is 3.63. The number of amides is 1. The van der Waals surface area contributed by atoms with E-state index in [0.717, 1.165) is 58.5 Å². The van der Waals surface area contributed by atoms with Crippen LogP contribution < -0.4 is 5.32 Å². The molecule has 0 radical (unpaired) electrons. The van der Waals surface area contributed by atoms with Crippen LogP contribution in [0.15, 0.2) is 0 Å². The van der Waals surface area contributed by atoms with Crippen LogP contribution >= 0.6 is 0 Å². The number of methoxy groups -OCH3 is 1. The molecule has 3 aliphatic rings. The number of rotatable bonds is 6. The lowest BCUT2D eigenvalue weighted by Crippen LogP contribution is -2.60. The Morgan fingerprint density at radius 2 is 1.95 bits per heavy atom. The molecule has 126 valence electrons. The minimum absolute atomic E-state index is 0.0767. The van der Waals surface area contributed by atoms with Gasteiger partial charge in [0.1, 0.15) is 6.10 Å². The molecule has 1 aliphatic carbocycles.